The summed E-state index contributed by atoms with van der Waals surface area (Å²) < 4.78 is 0. The lowest BCUT2D eigenvalue weighted by atomic mass is 10.2. The van der Waals surface area contributed by atoms with Crippen molar-refractivity contribution in [2.75, 3.05) is 11.1 Å². The molecule has 1 unspecified atom stereocenters. The highest BCUT2D eigenvalue weighted by Crippen LogP contribution is 2.39. The van der Waals surface area contributed by atoms with Crippen LogP contribution in [0.15, 0.2) is 0 Å². The van der Waals surface area contributed by atoms with Gasteiger partial charge in [0.05, 0.1) is 0 Å². The summed E-state index contributed by atoms with van der Waals surface area (Å²) >= 11 is 0. The number of carbonyl (C=O) groups excluding carboxylic acids is 1. The van der Waals surface area contributed by atoms with E-state index in [2.05, 4.69) is 15.3 Å². The zero-order chi connectivity index (χ0) is 13.3. The number of nitrogens with one attached hydrogen (secondary N) is 1. The Labute approximate surface area is 106 Å². The van der Waals surface area contributed by atoms with Crippen LogP contribution in [-0.4, -0.2) is 21.9 Å². The zero-order valence-corrected chi connectivity index (χ0v) is 10.7. The van der Waals surface area contributed by atoms with E-state index in [0.717, 1.165) is 24.2 Å². The number of anilines is 2. The van der Waals surface area contributed by atoms with Crippen molar-refractivity contribution in [3.8, 4) is 0 Å². The minimum absolute atomic E-state index is 0.0671. The quantitative estimate of drug-likeness (QED) is 0.719. The van der Waals surface area contributed by atoms with Crippen molar-refractivity contribution in [2.24, 2.45) is 5.73 Å². The van der Waals surface area contributed by atoms with Crippen molar-refractivity contribution in [3.63, 3.8) is 0 Å². The fraction of sp³-hybridized carbons (Fsp3) is 0.583. The Morgan fingerprint density at radius 1 is 1.50 bits per heavy atom. The average molecular weight is 249 g/mol. The van der Waals surface area contributed by atoms with Gasteiger partial charge >= 0.3 is 0 Å². The Hall–Kier alpha value is -1.85. The monoisotopic (exact) mass is 249 g/mol. The normalized spacial score (nSPS) is 16.3. The molecule has 6 heteroatoms. The second-order valence-electron chi connectivity index (χ2n) is 4.93. The number of nitrogens with zero attached hydrogens (tertiary/aromatic N) is 2. The van der Waals surface area contributed by atoms with E-state index in [4.69, 9.17) is 11.5 Å². The molecule has 1 aliphatic carbocycles. The molecule has 98 valence electrons. The van der Waals surface area contributed by atoms with Crippen LogP contribution < -0.4 is 16.8 Å². The van der Waals surface area contributed by atoms with E-state index in [1.807, 2.05) is 13.8 Å². The lowest BCUT2D eigenvalue weighted by Crippen LogP contribution is -2.25. The molecular formula is C12H19N5O. The van der Waals surface area contributed by atoms with E-state index in [0.29, 0.717) is 17.6 Å². The molecule has 1 saturated carbocycles. The first-order valence-electron chi connectivity index (χ1n) is 6.16. The lowest BCUT2D eigenvalue weighted by Gasteiger charge is -2.16. The molecule has 0 aromatic carbocycles. The van der Waals surface area contributed by atoms with E-state index in [1.165, 1.54) is 0 Å². The summed E-state index contributed by atoms with van der Waals surface area (Å²) in [6.45, 7) is 3.75. The van der Waals surface area contributed by atoms with E-state index in [1.54, 1.807) is 0 Å². The molecule has 0 spiro atoms. The second kappa shape index (κ2) is 4.80. The predicted molar refractivity (Wildman–Crippen MR) is 70.1 cm³/mol. The van der Waals surface area contributed by atoms with E-state index in [-0.39, 0.29) is 18.4 Å². The Morgan fingerprint density at radius 3 is 2.72 bits per heavy atom. The highest BCUT2D eigenvalue weighted by atomic mass is 16.1. The molecule has 1 aromatic rings. The molecular weight excluding hydrogens is 230 g/mol. The number of nitrogens with two attached hydrogens (primary N) is 2. The number of aromatic nitrogens is 2. The summed E-state index contributed by atoms with van der Waals surface area (Å²) in [5.74, 6) is 2.11. The van der Waals surface area contributed by atoms with Gasteiger partial charge in [0, 0.05) is 23.9 Å². The van der Waals surface area contributed by atoms with Crippen LogP contribution in [0, 0.1) is 6.92 Å². The summed E-state index contributed by atoms with van der Waals surface area (Å²) in [6.07, 6.45) is 2.51. The fourth-order valence-corrected chi connectivity index (χ4v) is 1.80. The summed E-state index contributed by atoms with van der Waals surface area (Å²) in [5.41, 5.74) is 11.9. The number of hydrogen-bond acceptors (Lipinski definition) is 5. The van der Waals surface area contributed by atoms with Gasteiger partial charge in [0.2, 0.25) is 5.91 Å². The van der Waals surface area contributed by atoms with Gasteiger partial charge in [-0.1, -0.05) is 0 Å². The molecule has 1 fully saturated rings. The highest BCUT2D eigenvalue weighted by molar-refractivity contribution is 5.75. The molecule has 0 saturated heterocycles. The van der Waals surface area contributed by atoms with Gasteiger partial charge in [0.15, 0.2) is 0 Å². The van der Waals surface area contributed by atoms with Gasteiger partial charge < -0.3 is 16.8 Å². The molecule has 1 atom stereocenters. The van der Waals surface area contributed by atoms with E-state index >= 15 is 0 Å². The first-order valence-corrected chi connectivity index (χ1v) is 6.16. The third-order valence-electron chi connectivity index (χ3n) is 3.03. The molecule has 6 nitrogen and oxygen atoms in total. The molecule has 1 amide bonds. The lowest BCUT2D eigenvalue weighted by molar-refractivity contribution is -0.118. The van der Waals surface area contributed by atoms with Gasteiger partial charge in [-0.2, -0.15) is 0 Å². The minimum atomic E-state index is -0.336. The average Bonchev–Trinajstić information content (AvgIpc) is 3.06. The predicted octanol–water partition coefficient (Wildman–Crippen LogP) is 0.920. The molecule has 0 radical (unpaired) electrons. The Bertz CT molecular complexity index is 470. The fourth-order valence-electron chi connectivity index (χ4n) is 1.80. The number of amides is 1. The Morgan fingerprint density at radius 2 is 2.17 bits per heavy atom. The Balaban J connectivity index is 2.17. The molecule has 0 aliphatic heterocycles. The third-order valence-corrected chi connectivity index (χ3v) is 3.03. The number of primary amides is 1. The van der Waals surface area contributed by atoms with Crippen LogP contribution in [0.2, 0.25) is 0 Å². The smallest absolute Gasteiger partial charge is 0.219 e. The number of hydrogen-bond donors (Lipinski definition) is 3. The molecule has 1 aliphatic rings. The molecule has 5 N–H and O–H groups in total. The van der Waals surface area contributed by atoms with Crippen molar-refractivity contribution in [3.05, 3.63) is 11.4 Å². The van der Waals surface area contributed by atoms with Crippen LogP contribution >= 0.6 is 0 Å². The molecule has 18 heavy (non-hydrogen) atoms. The summed E-state index contributed by atoms with van der Waals surface area (Å²) in [4.78, 5) is 19.6. The van der Waals surface area contributed by atoms with Crippen molar-refractivity contribution >= 4 is 17.5 Å². The molecule has 2 rings (SSSR count). The standard InChI is InChI=1S/C12H19N5O/c1-6(5-9(13)18)15-11-7(2)10(14)16-12(17-11)8-3-4-8/h6,8H,3-5H2,1-2H3,(H2,13,18)(H3,14,15,16,17). The highest BCUT2D eigenvalue weighted by Gasteiger charge is 2.28. The summed E-state index contributed by atoms with van der Waals surface area (Å²) in [7, 11) is 0. The number of rotatable bonds is 5. The number of carbonyl (C=O) groups is 1. The largest absolute Gasteiger partial charge is 0.383 e. The molecule has 1 heterocycles. The van der Waals surface area contributed by atoms with Crippen molar-refractivity contribution < 1.29 is 4.79 Å². The summed E-state index contributed by atoms with van der Waals surface area (Å²) in [5, 5.41) is 3.17. The van der Waals surface area contributed by atoms with Crippen LogP contribution in [0.5, 0.6) is 0 Å². The first kappa shape index (κ1) is 12.6. The van der Waals surface area contributed by atoms with Gasteiger partial charge in [0.25, 0.3) is 0 Å². The maximum absolute atomic E-state index is 10.9. The van der Waals surface area contributed by atoms with Gasteiger partial charge in [-0.05, 0) is 26.7 Å². The zero-order valence-electron chi connectivity index (χ0n) is 10.7. The second-order valence-corrected chi connectivity index (χ2v) is 4.93. The van der Waals surface area contributed by atoms with Crippen molar-refractivity contribution in [1.29, 1.82) is 0 Å². The van der Waals surface area contributed by atoms with Crippen molar-refractivity contribution in [2.45, 2.75) is 45.1 Å². The van der Waals surface area contributed by atoms with Crippen LogP contribution in [-0.2, 0) is 4.79 Å². The molecule has 1 aromatic heterocycles. The Kier molecular flexibility index (Phi) is 3.36. The maximum Gasteiger partial charge on any atom is 0.219 e. The third kappa shape index (κ3) is 2.88. The first-order chi connectivity index (χ1) is 8.47. The number of nitrogen functional groups attached to an aromatic ring is 1. The van der Waals surface area contributed by atoms with E-state index in [9.17, 15) is 4.79 Å². The van der Waals surface area contributed by atoms with Crippen LogP contribution in [0.25, 0.3) is 0 Å². The van der Waals surface area contributed by atoms with Crippen molar-refractivity contribution in [1.82, 2.24) is 9.97 Å². The van der Waals surface area contributed by atoms with Gasteiger partial charge in [-0.25, -0.2) is 9.97 Å². The van der Waals surface area contributed by atoms with Crippen LogP contribution in [0.3, 0.4) is 0 Å². The van der Waals surface area contributed by atoms with E-state index < -0.39 is 0 Å². The minimum Gasteiger partial charge on any atom is -0.383 e. The molecule has 0 bridgehead atoms. The van der Waals surface area contributed by atoms with Gasteiger partial charge in [-0.15, -0.1) is 0 Å². The summed E-state index contributed by atoms with van der Waals surface area (Å²) in [6, 6.07) is -0.0671. The maximum atomic E-state index is 10.9. The topological polar surface area (TPSA) is 107 Å². The SMILES string of the molecule is Cc1c(N)nc(C2CC2)nc1NC(C)CC(N)=O. The van der Waals surface area contributed by atoms with Gasteiger partial charge in [-0.3, -0.25) is 4.79 Å². The van der Waals surface area contributed by atoms with Gasteiger partial charge in [0.1, 0.15) is 17.5 Å². The van der Waals surface area contributed by atoms with Crippen LogP contribution in [0.4, 0.5) is 11.6 Å². The van der Waals surface area contributed by atoms with Crippen LogP contribution in [0.1, 0.15) is 43.5 Å².